The zero-order valence-electron chi connectivity index (χ0n) is 16.2. The van der Waals surface area contributed by atoms with Gasteiger partial charge in [-0.1, -0.05) is 26.0 Å². The quantitative estimate of drug-likeness (QED) is 0.669. The summed E-state index contributed by atoms with van der Waals surface area (Å²) in [6.07, 6.45) is -2.07. The van der Waals surface area contributed by atoms with E-state index >= 15 is 0 Å². The molecule has 2 rings (SSSR count). The summed E-state index contributed by atoms with van der Waals surface area (Å²) in [6.45, 7) is 6.35. The lowest BCUT2D eigenvalue weighted by Gasteiger charge is -2.30. The fourth-order valence-electron chi connectivity index (χ4n) is 3.44. The van der Waals surface area contributed by atoms with E-state index in [1.165, 1.54) is 12.1 Å². The Balaban J connectivity index is 0.00000364. The van der Waals surface area contributed by atoms with Crippen molar-refractivity contribution in [3.05, 3.63) is 35.4 Å². The summed E-state index contributed by atoms with van der Waals surface area (Å²) >= 11 is 0. The van der Waals surface area contributed by atoms with Crippen LogP contribution in [0.15, 0.2) is 24.3 Å². The topological polar surface area (TPSA) is 58.4 Å². The molecule has 0 spiro atoms. The van der Waals surface area contributed by atoms with Crippen LogP contribution in [0, 0.1) is 5.41 Å². The lowest BCUT2D eigenvalue weighted by molar-refractivity contribution is -0.137. The minimum atomic E-state index is -4.31. The predicted octanol–water partition coefficient (Wildman–Crippen LogP) is 4.00. The Bertz CT molecular complexity index is 599. The van der Waals surface area contributed by atoms with Gasteiger partial charge in [-0.2, -0.15) is 13.2 Å². The number of carbonyl (C=O) groups is 1. The van der Waals surface area contributed by atoms with Gasteiger partial charge in [0.2, 0.25) is 5.91 Å². The molecular weight excluding hydrogens is 414 g/mol. The average Bonchev–Trinajstić information content (AvgIpc) is 3.03. The largest absolute Gasteiger partial charge is 0.416 e. The Labute approximate surface area is 177 Å². The average molecular weight is 444 g/mol. The number of nitrogens with zero attached hydrogens (tertiary/aromatic N) is 1. The number of nitrogens with one attached hydrogen (secondary N) is 1. The van der Waals surface area contributed by atoms with Gasteiger partial charge < -0.3 is 11.1 Å². The van der Waals surface area contributed by atoms with Crippen LogP contribution >= 0.6 is 24.8 Å². The maximum atomic E-state index is 12.6. The van der Waals surface area contributed by atoms with E-state index in [0.29, 0.717) is 32.5 Å². The van der Waals surface area contributed by atoms with Crippen molar-refractivity contribution in [3.63, 3.8) is 0 Å². The molecule has 1 aromatic rings. The normalized spacial score (nSPS) is 17.6. The highest BCUT2D eigenvalue weighted by Crippen LogP contribution is 2.29. The number of likely N-dealkylation sites (tertiary alicyclic amines) is 1. The minimum Gasteiger partial charge on any atom is -0.352 e. The third-order valence-corrected chi connectivity index (χ3v) is 5.52. The first-order valence-electron chi connectivity index (χ1n) is 9.13. The van der Waals surface area contributed by atoms with Gasteiger partial charge in [0.1, 0.15) is 0 Å². The van der Waals surface area contributed by atoms with Crippen LogP contribution in [0.3, 0.4) is 0 Å². The molecule has 1 aliphatic rings. The van der Waals surface area contributed by atoms with Gasteiger partial charge in [0.25, 0.3) is 0 Å². The molecule has 0 bridgehead atoms. The number of benzene rings is 1. The zero-order valence-corrected chi connectivity index (χ0v) is 17.9. The maximum absolute atomic E-state index is 12.6. The molecule has 1 unspecified atom stereocenters. The van der Waals surface area contributed by atoms with Gasteiger partial charge in [-0.05, 0) is 37.0 Å². The first-order valence-corrected chi connectivity index (χ1v) is 9.13. The standard InChI is InChI=1S/C19H28F3N3O.2ClH/c1-3-18(4-2,13-23)17(26)24-16-9-10-25(12-16)11-14-5-7-15(8-6-14)19(20,21)22;;/h5-8,16H,3-4,9-13,23H2,1-2H3,(H,24,26);2*1H. The van der Waals surface area contributed by atoms with Crippen molar-refractivity contribution < 1.29 is 18.0 Å². The number of alkyl halides is 3. The van der Waals surface area contributed by atoms with Gasteiger partial charge in [-0.3, -0.25) is 9.69 Å². The fourth-order valence-corrected chi connectivity index (χ4v) is 3.44. The van der Waals surface area contributed by atoms with Gasteiger partial charge in [0, 0.05) is 32.2 Å². The van der Waals surface area contributed by atoms with Gasteiger partial charge in [-0.25, -0.2) is 0 Å². The number of hydrogen-bond acceptors (Lipinski definition) is 3. The molecule has 4 nitrogen and oxygen atoms in total. The third kappa shape index (κ3) is 6.51. The molecule has 1 heterocycles. The van der Waals surface area contributed by atoms with Crippen LogP contribution in [0.5, 0.6) is 0 Å². The highest BCUT2D eigenvalue weighted by atomic mass is 35.5. The molecule has 0 aromatic heterocycles. The van der Waals surface area contributed by atoms with Crippen molar-refractivity contribution in [3.8, 4) is 0 Å². The number of halogens is 5. The number of rotatable bonds is 7. The van der Waals surface area contributed by atoms with E-state index in [0.717, 1.165) is 30.7 Å². The van der Waals surface area contributed by atoms with E-state index in [4.69, 9.17) is 5.73 Å². The zero-order chi connectivity index (χ0) is 19.4. The Hall–Kier alpha value is -1.02. The van der Waals surface area contributed by atoms with Crippen molar-refractivity contribution in [1.82, 2.24) is 10.2 Å². The van der Waals surface area contributed by atoms with Crippen molar-refractivity contribution in [2.24, 2.45) is 11.1 Å². The molecule has 0 aliphatic carbocycles. The lowest BCUT2D eigenvalue weighted by atomic mass is 9.81. The highest BCUT2D eigenvalue weighted by molar-refractivity contribution is 5.85. The van der Waals surface area contributed by atoms with E-state index in [1.54, 1.807) is 0 Å². The minimum absolute atomic E-state index is 0. The Morgan fingerprint density at radius 3 is 2.21 bits per heavy atom. The summed E-state index contributed by atoms with van der Waals surface area (Å²) in [5.74, 6) is 0.00591. The van der Waals surface area contributed by atoms with Gasteiger partial charge >= 0.3 is 6.18 Å². The Morgan fingerprint density at radius 2 is 1.75 bits per heavy atom. The van der Waals surface area contributed by atoms with Gasteiger partial charge in [-0.15, -0.1) is 24.8 Å². The Kier molecular flexibility index (Phi) is 10.8. The summed E-state index contributed by atoms with van der Waals surface area (Å²) in [5.41, 5.74) is 5.51. The van der Waals surface area contributed by atoms with E-state index < -0.39 is 17.2 Å². The first-order chi connectivity index (χ1) is 12.2. The van der Waals surface area contributed by atoms with Crippen LogP contribution in [-0.4, -0.2) is 36.5 Å². The van der Waals surface area contributed by atoms with Gasteiger partial charge in [0.15, 0.2) is 0 Å². The number of amides is 1. The summed E-state index contributed by atoms with van der Waals surface area (Å²) in [5, 5.41) is 3.11. The molecule has 1 aliphatic heterocycles. The third-order valence-electron chi connectivity index (χ3n) is 5.52. The van der Waals surface area contributed by atoms with Crippen LogP contribution in [0.4, 0.5) is 13.2 Å². The van der Waals surface area contributed by atoms with E-state index in [-0.39, 0.29) is 36.8 Å². The highest BCUT2D eigenvalue weighted by Gasteiger charge is 2.36. The molecule has 9 heteroatoms. The molecule has 1 fully saturated rings. The SMILES string of the molecule is CCC(CC)(CN)C(=O)NC1CCN(Cc2ccc(C(F)(F)F)cc2)C1.Cl.Cl. The van der Waals surface area contributed by atoms with Gasteiger partial charge in [0.05, 0.1) is 11.0 Å². The fraction of sp³-hybridized carbons (Fsp3) is 0.632. The smallest absolute Gasteiger partial charge is 0.352 e. The van der Waals surface area contributed by atoms with Crippen LogP contribution < -0.4 is 11.1 Å². The molecule has 1 saturated heterocycles. The van der Waals surface area contributed by atoms with E-state index in [9.17, 15) is 18.0 Å². The number of nitrogens with two attached hydrogens (primary N) is 1. The molecule has 1 atom stereocenters. The maximum Gasteiger partial charge on any atom is 0.416 e. The van der Waals surface area contributed by atoms with Crippen molar-refractivity contribution in [1.29, 1.82) is 0 Å². The van der Waals surface area contributed by atoms with Crippen molar-refractivity contribution >= 4 is 30.7 Å². The number of hydrogen-bond donors (Lipinski definition) is 2. The molecule has 0 saturated carbocycles. The predicted molar refractivity (Wildman–Crippen MR) is 110 cm³/mol. The summed E-state index contributed by atoms with van der Waals surface area (Å²) in [7, 11) is 0. The van der Waals surface area contributed by atoms with Crippen LogP contribution in [-0.2, 0) is 17.5 Å². The monoisotopic (exact) mass is 443 g/mol. The van der Waals surface area contributed by atoms with Crippen LogP contribution in [0.1, 0.15) is 44.2 Å². The van der Waals surface area contributed by atoms with Crippen molar-refractivity contribution in [2.45, 2.75) is 51.9 Å². The van der Waals surface area contributed by atoms with E-state index in [2.05, 4.69) is 10.2 Å². The van der Waals surface area contributed by atoms with Crippen LogP contribution in [0.25, 0.3) is 0 Å². The molecule has 0 radical (unpaired) electrons. The molecule has 1 amide bonds. The lowest BCUT2D eigenvalue weighted by Crippen LogP contribution is -2.49. The molecule has 162 valence electrons. The molecule has 1 aromatic carbocycles. The Morgan fingerprint density at radius 1 is 1.18 bits per heavy atom. The summed E-state index contributed by atoms with van der Waals surface area (Å²) < 4.78 is 37.9. The second kappa shape index (κ2) is 11.2. The first kappa shape index (κ1) is 27.0. The van der Waals surface area contributed by atoms with Crippen LogP contribution in [0.2, 0.25) is 0 Å². The molecule has 3 N–H and O–H groups in total. The second-order valence-corrected chi connectivity index (χ2v) is 7.08. The summed E-state index contributed by atoms with van der Waals surface area (Å²) in [6, 6.07) is 5.32. The van der Waals surface area contributed by atoms with E-state index in [1.807, 2.05) is 13.8 Å². The molecular formula is C19H30Cl2F3N3O. The van der Waals surface area contributed by atoms with Crippen molar-refractivity contribution in [2.75, 3.05) is 19.6 Å². The summed E-state index contributed by atoms with van der Waals surface area (Å²) in [4.78, 5) is 14.7. The number of carbonyl (C=O) groups excluding carboxylic acids is 1. The second-order valence-electron chi connectivity index (χ2n) is 7.08. The molecule has 28 heavy (non-hydrogen) atoms.